The molecule has 0 saturated carbocycles. The molecule has 3 aromatic rings. The number of amides is 2. The van der Waals surface area contributed by atoms with Gasteiger partial charge in [0.05, 0.1) is 17.7 Å². The van der Waals surface area contributed by atoms with E-state index in [4.69, 9.17) is 4.74 Å². The van der Waals surface area contributed by atoms with Crippen LogP contribution in [0.25, 0.3) is 0 Å². The number of nitrogens with one attached hydrogen (secondary N) is 1. The lowest BCUT2D eigenvalue weighted by Gasteiger charge is -2.33. The number of methoxy groups -OCH3 is 1. The van der Waals surface area contributed by atoms with Crippen molar-refractivity contribution in [1.29, 1.82) is 0 Å². The summed E-state index contributed by atoms with van der Waals surface area (Å²) in [6.07, 6.45) is 0. The van der Waals surface area contributed by atoms with Gasteiger partial charge in [0, 0.05) is 12.6 Å². The highest BCUT2D eigenvalue weighted by Crippen LogP contribution is 2.29. The molecule has 0 saturated heterocycles. The molecule has 3 rings (SSSR count). The molecule has 1 N–H and O–H groups in total. The van der Waals surface area contributed by atoms with Crippen LogP contribution < -0.4 is 14.4 Å². The first kappa shape index (κ1) is 30.7. The van der Waals surface area contributed by atoms with Gasteiger partial charge in [-0.2, -0.15) is 0 Å². The topological polar surface area (TPSA) is 96.0 Å². The van der Waals surface area contributed by atoms with Crippen molar-refractivity contribution in [2.45, 2.75) is 65.1 Å². The summed E-state index contributed by atoms with van der Waals surface area (Å²) < 4.78 is 34.4. The zero-order valence-electron chi connectivity index (χ0n) is 24.3. The molecule has 0 aliphatic carbocycles. The summed E-state index contributed by atoms with van der Waals surface area (Å²) in [5.41, 5.74) is 3.68. The van der Waals surface area contributed by atoms with Gasteiger partial charge in [-0.3, -0.25) is 13.9 Å². The van der Waals surface area contributed by atoms with Gasteiger partial charge in [0.2, 0.25) is 11.8 Å². The molecule has 9 heteroatoms. The average Bonchev–Trinajstić information content (AvgIpc) is 2.91. The number of benzene rings is 3. The van der Waals surface area contributed by atoms with Crippen molar-refractivity contribution in [2.24, 2.45) is 0 Å². The van der Waals surface area contributed by atoms with Gasteiger partial charge < -0.3 is 15.0 Å². The van der Waals surface area contributed by atoms with Gasteiger partial charge in [0.15, 0.2) is 0 Å². The van der Waals surface area contributed by atoms with Crippen molar-refractivity contribution in [3.8, 4) is 5.75 Å². The fourth-order valence-corrected chi connectivity index (χ4v) is 5.72. The van der Waals surface area contributed by atoms with E-state index in [0.717, 1.165) is 21.0 Å². The van der Waals surface area contributed by atoms with Crippen molar-refractivity contribution in [3.05, 3.63) is 89.0 Å². The molecule has 0 aliphatic heterocycles. The number of hydrogen-bond acceptors (Lipinski definition) is 5. The number of aryl methyl sites for hydroxylation is 3. The lowest BCUT2D eigenvalue weighted by molar-refractivity contribution is -0.139. The first-order valence-corrected chi connectivity index (χ1v) is 14.7. The molecule has 0 heterocycles. The third-order valence-electron chi connectivity index (χ3n) is 6.63. The summed E-state index contributed by atoms with van der Waals surface area (Å²) in [4.78, 5) is 28.6. The van der Waals surface area contributed by atoms with Crippen LogP contribution in [0.2, 0.25) is 0 Å². The predicted octanol–water partition coefficient (Wildman–Crippen LogP) is 4.76. The summed E-state index contributed by atoms with van der Waals surface area (Å²) in [7, 11) is -2.55. The zero-order valence-corrected chi connectivity index (χ0v) is 25.1. The molecular formula is C31H39N3O5S. The number of carbonyl (C=O) groups excluding carboxylic acids is 2. The Morgan fingerprint density at radius 3 is 2.05 bits per heavy atom. The quantitative estimate of drug-likeness (QED) is 0.362. The molecule has 214 valence electrons. The summed E-state index contributed by atoms with van der Waals surface area (Å²) in [6.45, 7) is 10.5. The first-order chi connectivity index (χ1) is 18.8. The Kier molecular flexibility index (Phi) is 9.98. The molecule has 0 bridgehead atoms. The van der Waals surface area contributed by atoms with Gasteiger partial charge in [-0.25, -0.2) is 8.42 Å². The highest BCUT2D eigenvalue weighted by atomic mass is 32.2. The van der Waals surface area contributed by atoms with E-state index in [1.807, 2.05) is 58.9 Å². The Morgan fingerprint density at radius 1 is 0.875 bits per heavy atom. The molecule has 0 fully saturated rings. The second-order valence-corrected chi connectivity index (χ2v) is 12.2. The maximum atomic E-state index is 14.0. The van der Waals surface area contributed by atoms with Crippen molar-refractivity contribution >= 4 is 27.5 Å². The molecule has 8 nitrogen and oxygen atoms in total. The van der Waals surface area contributed by atoms with Gasteiger partial charge in [0.25, 0.3) is 10.0 Å². The van der Waals surface area contributed by atoms with Gasteiger partial charge in [-0.05, 0) is 88.6 Å². The van der Waals surface area contributed by atoms with E-state index < -0.39 is 28.5 Å². The number of rotatable bonds is 11. The van der Waals surface area contributed by atoms with Crippen LogP contribution in [-0.4, -0.2) is 50.9 Å². The fourth-order valence-electron chi connectivity index (χ4n) is 4.25. The minimum Gasteiger partial charge on any atom is -0.497 e. The van der Waals surface area contributed by atoms with Crippen LogP contribution >= 0.6 is 0 Å². The molecule has 1 atom stereocenters. The molecule has 0 spiro atoms. The van der Waals surface area contributed by atoms with E-state index >= 15 is 0 Å². The summed E-state index contributed by atoms with van der Waals surface area (Å²) in [6, 6.07) is 18.2. The Bertz CT molecular complexity index is 1430. The predicted molar refractivity (Wildman–Crippen MR) is 158 cm³/mol. The second kappa shape index (κ2) is 13.0. The Morgan fingerprint density at radius 2 is 1.48 bits per heavy atom. The van der Waals surface area contributed by atoms with Crippen LogP contribution in [0.15, 0.2) is 71.6 Å². The van der Waals surface area contributed by atoms with Crippen molar-refractivity contribution in [1.82, 2.24) is 10.2 Å². The third-order valence-corrected chi connectivity index (χ3v) is 8.41. The molecule has 40 heavy (non-hydrogen) atoms. The average molecular weight is 566 g/mol. The number of hydrogen-bond donors (Lipinski definition) is 1. The molecule has 0 unspecified atom stereocenters. The van der Waals surface area contributed by atoms with E-state index in [1.54, 1.807) is 56.5 Å². The van der Waals surface area contributed by atoms with Crippen LogP contribution in [0.3, 0.4) is 0 Å². The molecular weight excluding hydrogens is 526 g/mol. The smallest absolute Gasteiger partial charge is 0.264 e. The minimum atomic E-state index is -4.12. The van der Waals surface area contributed by atoms with Crippen LogP contribution in [0.4, 0.5) is 5.69 Å². The third kappa shape index (κ3) is 7.41. The maximum absolute atomic E-state index is 14.0. The lowest BCUT2D eigenvalue weighted by atomic mass is 10.1. The highest BCUT2D eigenvalue weighted by Gasteiger charge is 2.33. The number of sulfonamides is 1. The molecule has 0 radical (unpaired) electrons. The van der Waals surface area contributed by atoms with E-state index in [-0.39, 0.29) is 23.4 Å². The van der Waals surface area contributed by atoms with Crippen molar-refractivity contribution in [2.75, 3.05) is 18.0 Å². The normalized spacial score (nSPS) is 12.1. The van der Waals surface area contributed by atoms with Gasteiger partial charge in [-0.15, -0.1) is 0 Å². The maximum Gasteiger partial charge on any atom is 0.264 e. The van der Waals surface area contributed by atoms with Crippen molar-refractivity contribution < 1.29 is 22.7 Å². The van der Waals surface area contributed by atoms with Gasteiger partial charge in [0.1, 0.15) is 18.3 Å². The van der Waals surface area contributed by atoms with E-state index in [2.05, 4.69) is 5.32 Å². The van der Waals surface area contributed by atoms with Gasteiger partial charge in [-0.1, -0.05) is 42.0 Å². The number of ether oxygens (including phenoxy) is 1. The fraction of sp³-hybridized carbons (Fsp3) is 0.355. The Labute approximate surface area is 238 Å². The first-order valence-electron chi connectivity index (χ1n) is 13.2. The van der Waals surface area contributed by atoms with Crippen LogP contribution in [0.5, 0.6) is 5.75 Å². The SMILES string of the molecule is COc1ccc(CN(C(=O)CN(c2cc(C)ccc2C)S(=O)(=O)c2ccc(C)cc2)[C@@H](C)C(=O)NC(C)C)cc1. The van der Waals surface area contributed by atoms with Crippen LogP contribution in [-0.2, 0) is 26.2 Å². The van der Waals surface area contributed by atoms with Crippen molar-refractivity contribution in [3.63, 3.8) is 0 Å². The summed E-state index contributed by atoms with van der Waals surface area (Å²) in [5, 5.41) is 2.86. The van der Waals surface area contributed by atoms with E-state index in [0.29, 0.717) is 17.0 Å². The molecule has 0 aromatic heterocycles. The summed E-state index contributed by atoms with van der Waals surface area (Å²) in [5.74, 6) is -0.159. The standard InChI is InChI=1S/C31H39N3O5S/c1-21(2)32-31(36)25(6)33(19-26-12-14-27(39-7)15-13-26)30(35)20-34(29-18-23(4)8-11-24(29)5)40(37,38)28-16-9-22(3)10-17-28/h8-18,21,25H,19-20H2,1-7H3,(H,32,36)/t25-/m0/s1. The Hall–Kier alpha value is -3.85. The molecule has 3 aromatic carbocycles. The minimum absolute atomic E-state index is 0.0825. The lowest BCUT2D eigenvalue weighted by Crippen LogP contribution is -2.52. The highest BCUT2D eigenvalue weighted by molar-refractivity contribution is 7.92. The molecule has 2 amide bonds. The van der Waals surface area contributed by atoms with E-state index in [1.165, 1.54) is 4.90 Å². The number of anilines is 1. The largest absolute Gasteiger partial charge is 0.497 e. The van der Waals surface area contributed by atoms with E-state index in [9.17, 15) is 18.0 Å². The monoisotopic (exact) mass is 565 g/mol. The zero-order chi connectivity index (χ0) is 29.6. The summed E-state index contributed by atoms with van der Waals surface area (Å²) >= 11 is 0. The number of carbonyl (C=O) groups is 2. The Balaban J connectivity index is 2.06. The number of nitrogens with zero attached hydrogens (tertiary/aromatic N) is 2. The second-order valence-electron chi connectivity index (χ2n) is 10.3. The van der Waals surface area contributed by atoms with Crippen LogP contribution in [0, 0.1) is 20.8 Å². The molecule has 0 aliphatic rings. The van der Waals surface area contributed by atoms with Gasteiger partial charge >= 0.3 is 0 Å². The van der Waals surface area contributed by atoms with Crippen LogP contribution in [0.1, 0.15) is 43.0 Å².